The van der Waals surface area contributed by atoms with Crippen molar-refractivity contribution in [2.75, 3.05) is 18.9 Å². The SMILES string of the molecule is Cc1cc(NC2CCN(C)C(C)C2)n2ncnc2n1. The minimum atomic E-state index is 0.486. The van der Waals surface area contributed by atoms with Crippen molar-refractivity contribution in [2.45, 2.75) is 38.8 Å². The fourth-order valence-electron chi connectivity index (χ4n) is 2.66. The molecule has 2 unspecified atom stereocenters. The zero-order chi connectivity index (χ0) is 13.4. The lowest BCUT2D eigenvalue weighted by atomic mass is 9.99. The second kappa shape index (κ2) is 4.77. The van der Waals surface area contributed by atoms with Gasteiger partial charge in [-0.1, -0.05) is 0 Å². The zero-order valence-corrected chi connectivity index (χ0v) is 11.7. The molecule has 0 spiro atoms. The van der Waals surface area contributed by atoms with Crippen LogP contribution in [0.3, 0.4) is 0 Å². The maximum Gasteiger partial charge on any atom is 0.254 e. The second-order valence-corrected chi connectivity index (χ2v) is 5.45. The quantitative estimate of drug-likeness (QED) is 0.882. The molecule has 0 aliphatic carbocycles. The maximum absolute atomic E-state index is 4.36. The predicted molar refractivity (Wildman–Crippen MR) is 74.3 cm³/mol. The molecule has 0 bridgehead atoms. The number of hydrogen-bond donors (Lipinski definition) is 1. The lowest BCUT2D eigenvalue weighted by Gasteiger charge is -2.35. The zero-order valence-electron chi connectivity index (χ0n) is 11.7. The first-order valence-electron chi connectivity index (χ1n) is 6.77. The normalized spacial score (nSPS) is 24.8. The molecular weight excluding hydrogens is 240 g/mol. The summed E-state index contributed by atoms with van der Waals surface area (Å²) in [6.07, 6.45) is 3.84. The Labute approximate surface area is 112 Å². The van der Waals surface area contributed by atoms with Gasteiger partial charge < -0.3 is 10.2 Å². The molecule has 3 heterocycles. The molecule has 0 aromatic carbocycles. The Morgan fingerprint density at radius 1 is 1.42 bits per heavy atom. The van der Waals surface area contributed by atoms with E-state index in [-0.39, 0.29) is 0 Å². The van der Waals surface area contributed by atoms with Crippen molar-refractivity contribution in [2.24, 2.45) is 0 Å². The standard InChI is InChI=1S/C13H20N6/c1-9-6-12(19-13(16-9)14-8-15-19)17-11-4-5-18(3)10(2)7-11/h6,8,10-11,17H,4-5,7H2,1-3H3. The summed E-state index contributed by atoms with van der Waals surface area (Å²) in [4.78, 5) is 10.9. The first-order chi connectivity index (χ1) is 9.13. The highest BCUT2D eigenvalue weighted by atomic mass is 15.4. The smallest absolute Gasteiger partial charge is 0.254 e. The topological polar surface area (TPSA) is 58.4 Å². The first kappa shape index (κ1) is 12.3. The number of anilines is 1. The number of nitrogens with one attached hydrogen (secondary N) is 1. The van der Waals surface area contributed by atoms with E-state index in [2.05, 4.69) is 39.3 Å². The van der Waals surface area contributed by atoms with Crippen LogP contribution in [0, 0.1) is 6.92 Å². The molecule has 2 aromatic rings. The average Bonchev–Trinajstić information content (AvgIpc) is 2.82. The third kappa shape index (κ3) is 2.40. The number of likely N-dealkylation sites (tertiary alicyclic amines) is 1. The third-order valence-corrected chi connectivity index (χ3v) is 3.94. The van der Waals surface area contributed by atoms with Crippen LogP contribution < -0.4 is 5.32 Å². The molecule has 2 aromatic heterocycles. The Morgan fingerprint density at radius 2 is 2.26 bits per heavy atom. The average molecular weight is 260 g/mol. The molecule has 1 N–H and O–H groups in total. The number of hydrogen-bond acceptors (Lipinski definition) is 5. The van der Waals surface area contributed by atoms with Gasteiger partial charge in [-0.15, -0.1) is 0 Å². The van der Waals surface area contributed by atoms with Gasteiger partial charge in [-0.05, 0) is 33.7 Å². The maximum atomic E-state index is 4.36. The monoisotopic (exact) mass is 260 g/mol. The fraction of sp³-hybridized carbons (Fsp3) is 0.615. The van der Waals surface area contributed by atoms with Crippen LogP contribution in [0.1, 0.15) is 25.5 Å². The largest absolute Gasteiger partial charge is 0.367 e. The van der Waals surface area contributed by atoms with Gasteiger partial charge in [0, 0.05) is 30.4 Å². The van der Waals surface area contributed by atoms with Crippen molar-refractivity contribution in [3.05, 3.63) is 18.1 Å². The van der Waals surface area contributed by atoms with E-state index in [1.165, 1.54) is 0 Å². The molecule has 0 radical (unpaired) electrons. The molecule has 0 saturated carbocycles. The summed E-state index contributed by atoms with van der Waals surface area (Å²) in [6, 6.07) is 3.13. The van der Waals surface area contributed by atoms with Crippen molar-refractivity contribution >= 4 is 11.6 Å². The number of aromatic nitrogens is 4. The summed E-state index contributed by atoms with van der Waals surface area (Å²) in [5.41, 5.74) is 0.962. The Kier molecular flexibility index (Phi) is 3.10. The Balaban J connectivity index is 1.83. The Bertz CT molecular complexity index is 578. The van der Waals surface area contributed by atoms with Crippen LogP contribution in [0.5, 0.6) is 0 Å². The van der Waals surface area contributed by atoms with Crippen LogP contribution in [-0.2, 0) is 0 Å². The minimum absolute atomic E-state index is 0.486. The van der Waals surface area contributed by atoms with Crippen LogP contribution in [0.2, 0.25) is 0 Å². The number of piperidine rings is 1. The summed E-state index contributed by atoms with van der Waals surface area (Å²) >= 11 is 0. The van der Waals surface area contributed by atoms with E-state index in [0.29, 0.717) is 17.9 Å². The van der Waals surface area contributed by atoms with E-state index >= 15 is 0 Å². The predicted octanol–water partition coefficient (Wildman–Crippen LogP) is 1.33. The molecular formula is C13H20N6. The number of fused-ring (bicyclic) bond motifs is 1. The van der Waals surface area contributed by atoms with Crippen LogP contribution in [0.25, 0.3) is 5.78 Å². The summed E-state index contributed by atoms with van der Waals surface area (Å²) in [5, 5.41) is 7.82. The van der Waals surface area contributed by atoms with Gasteiger partial charge in [0.2, 0.25) is 0 Å². The van der Waals surface area contributed by atoms with Gasteiger partial charge in [0.15, 0.2) is 0 Å². The van der Waals surface area contributed by atoms with E-state index in [0.717, 1.165) is 30.9 Å². The molecule has 2 atom stereocenters. The lowest BCUT2D eigenvalue weighted by Crippen LogP contribution is -2.42. The summed E-state index contributed by atoms with van der Waals surface area (Å²) < 4.78 is 1.77. The molecule has 19 heavy (non-hydrogen) atoms. The van der Waals surface area contributed by atoms with Crippen LogP contribution in [0.15, 0.2) is 12.4 Å². The second-order valence-electron chi connectivity index (χ2n) is 5.45. The van der Waals surface area contributed by atoms with E-state index in [1.807, 2.05) is 13.0 Å². The van der Waals surface area contributed by atoms with Gasteiger partial charge in [-0.2, -0.15) is 14.6 Å². The number of aryl methyl sites for hydroxylation is 1. The van der Waals surface area contributed by atoms with E-state index < -0.39 is 0 Å². The van der Waals surface area contributed by atoms with Crippen molar-refractivity contribution in [3.63, 3.8) is 0 Å². The van der Waals surface area contributed by atoms with Crippen LogP contribution in [-0.4, -0.2) is 50.2 Å². The molecule has 0 amide bonds. The van der Waals surface area contributed by atoms with Crippen molar-refractivity contribution in [1.29, 1.82) is 0 Å². The molecule has 102 valence electrons. The summed E-state index contributed by atoms with van der Waals surface area (Å²) in [6.45, 7) is 5.39. The van der Waals surface area contributed by atoms with Crippen molar-refractivity contribution in [1.82, 2.24) is 24.5 Å². The van der Waals surface area contributed by atoms with Gasteiger partial charge in [0.1, 0.15) is 12.1 Å². The number of rotatable bonds is 2. The lowest BCUT2D eigenvalue weighted by molar-refractivity contribution is 0.190. The number of nitrogens with zero attached hydrogens (tertiary/aromatic N) is 5. The van der Waals surface area contributed by atoms with Gasteiger partial charge in [-0.25, -0.2) is 4.98 Å². The fourth-order valence-corrected chi connectivity index (χ4v) is 2.66. The highest BCUT2D eigenvalue weighted by molar-refractivity contribution is 5.45. The van der Waals surface area contributed by atoms with Crippen LogP contribution in [0.4, 0.5) is 5.82 Å². The highest BCUT2D eigenvalue weighted by Crippen LogP contribution is 2.20. The molecule has 1 aliphatic rings. The van der Waals surface area contributed by atoms with Gasteiger partial charge in [0.05, 0.1) is 0 Å². The van der Waals surface area contributed by atoms with E-state index in [9.17, 15) is 0 Å². The Hall–Kier alpha value is -1.69. The van der Waals surface area contributed by atoms with E-state index in [1.54, 1.807) is 10.8 Å². The molecule has 1 aliphatic heterocycles. The van der Waals surface area contributed by atoms with Gasteiger partial charge in [0.25, 0.3) is 5.78 Å². The molecule has 1 saturated heterocycles. The minimum Gasteiger partial charge on any atom is -0.367 e. The molecule has 6 nitrogen and oxygen atoms in total. The van der Waals surface area contributed by atoms with Crippen molar-refractivity contribution in [3.8, 4) is 0 Å². The van der Waals surface area contributed by atoms with Gasteiger partial charge >= 0.3 is 0 Å². The molecule has 6 heteroatoms. The van der Waals surface area contributed by atoms with Gasteiger partial charge in [-0.3, -0.25) is 0 Å². The summed E-state index contributed by atoms with van der Waals surface area (Å²) in [5.74, 6) is 1.64. The van der Waals surface area contributed by atoms with Crippen molar-refractivity contribution < 1.29 is 0 Å². The first-order valence-corrected chi connectivity index (χ1v) is 6.77. The summed E-state index contributed by atoms with van der Waals surface area (Å²) in [7, 11) is 2.19. The van der Waals surface area contributed by atoms with E-state index in [4.69, 9.17) is 0 Å². The molecule has 3 rings (SSSR count). The molecule has 1 fully saturated rings. The third-order valence-electron chi connectivity index (χ3n) is 3.94. The van der Waals surface area contributed by atoms with Crippen LogP contribution >= 0.6 is 0 Å². The Morgan fingerprint density at radius 3 is 3.05 bits per heavy atom. The highest BCUT2D eigenvalue weighted by Gasteiger charge is 2.23.